The van der Waals surface area contributed by atoms with Gasteiger partial charge in [-0.15, -0.1) is 0 Å². The highest BCUT2D eigenvalue weighted by Gasteiger charge is 2.30. The largest absolute Gasteiger partial charge is 0.484 e. The predicted octanol–water partition coefficient (Wildman–Crippen LogP) is 0.994. The third-order valence-corrected chi connectivity index (χ3v) is 5.85. The Kier molecular flexibility index (Phi) is 5.30. The van der Waals surface area contributed by atoms with Crippen LogP contribution in [-0.2, 0) is 14.8 Å². The number of hydrogen-bond acceptors (Lipinski definition) is 5. The average Bonchev–Trinajstić information content (AvgIpc) is 2.68. The number of carbonyl (C=O) groups is 1. The molecule has 1 aromatic heterocycles. The highest BCUT2D eigenvalue weighted by molar-refractivity contribution is 7.89. The molecule has 0 spiro atoms. The Hall–Kier alpha value is -2.45. The minimum Gasteiger partial charge on any atom is -0.484 e. The standard InChI is InChI=1S/C17H19N3O4S/c21-17(14-24-15-5-2-1-3-6-15)19-9-11-20(12-10-19)25(22,23)16-7-4-8-18-13-16/h1-8,13H,9-12,14H2. The van der Waals surface area contributed by atoms with Gasteiger partial charge in [0.25, 0.3) is 5.91 Å². The lowest BCUT2D eigenvalue weighted by molar-refractivity contribution is -0.134. The number of rotatable bonds is 5. The van der Waals surface area contributed by atoms with Gasteiger partial charge in [-0.1, -0.05) is 18.2 Å². The molecule has 1 amide bonds. The molecule has 7 nitrogen and oxygen atoms in total. The van der Waals surface area contributed by atoms with E-state index in [0.29, 0.717) is 18.8 Å². The van der Waals surface area contributed by atoms with Crippen molar-refractivity contribution in [2.24, 2.45) is 0 Å². The lowest BCUT2D eigenvalue weighted by Gasteiger charge is -2.33. The van der Waals surface area contributed by atoms with Crippen molar-refractivity contribution in [3.05, 3.63) is 54.9 Å². The molecule has 25 heavy (non-hydrogen) atoms. The van der Waals surface area contributed by atoms with Gasteiger partial charge in [0.2, 0.25) is 10.0 Å². The zero-order valence-corrected chi connectivity index (χ0v) is 14.4. The molecule has 1 fully saturated rings. The number of aromatic nitrogens is 1. The van der Waals surface area contributed by atoms with Crippen molar-refractivity contribution in [1.29, 1.82) is 0 Å². The first-order valence-electron chi connectivity index (χ1n) is 7.93. The van der Waals surface area contributed by atoms with Crippen LogP contribution in [0.4, 0.5) is 0 Å². The number of ether oxygens (including phenoxy) is 1. The fraction of sp³-hybridized carbons (Fsp3) is 0.294. The molecule has 1 aliphatic heterocycles. The van der Waals surface area contributed by atoms with Gasteiger partial charge in [-0.05, 0) is 24.3 Å². The molecule has 0 N–H and O–H groups in total. The molecule has 0 bridgehead atoms. The second-order valence-corrected chi connectivity index (χ2v) is 7.51. The fourth-order valence-corrected chi connectivity index (χ4v) is 3.97. The molecule has 3 rings (SSSR count). The molecule has 2 heterocycles. The summed E-state index contributed by atoms with van der Waals surface area (Å²) in [7, 11) is -3.56. The van der Waals surface area contributed by atoms with E-state index in [1.54, 1.807) is 23.1 Å². The molecule has 0 atom stereocenters. The van der Waals surface area contributed by atoms with Crippen LogP contribution in [0, 0.1) is 0 Å². The number of piperazine rings is 1. The Morgan fingerprint density at radius 2 is 1.76 bits per heavy atom. The van der Waals surface area contributed by atoms with Gasteiger partial charge in [-0.2, -0.15) is 4.31 Å². The number of carbonyl (C=O) groups excluding carboxylic acids is 1. The number of benzene rings is 1. The van der Waals surface area contributed by atoms with Gasteiger partial charge in [0.05, 0.1) is 0 Å². The molecule has 0 unspecified atom stereocenters. The zero-order valence-electron chi connectivity index (χ0n) is 13.6. The van der Waals surface area contributed by atoms with Crippen LogP contribution in [0.25, 0.3) is 0 Å². The van der Waals surface area contributed by atoms with Gasteiger partial charge in [0.15, 0.2) is 6.61 Å². The van der Waals surface area contributed by atoms with E-state index in [2.05, 4.69) is 4.98 Å². The van der Waals surface area contributed by atoms with Crippen LogP contribution in [0.15, 0.2) is 59.8 Å². The molecule has 2 aromatic rings. The molecule has 132 valence electrons. The summed E-state index contributed by atoms with van der Waals surface area (Å²) in [6, 6.07) is 12.2. The van der Waals surface area contributed by atoms with E-state index >= 15 is 0 Å². The van der Waals surface area contributed by atoms with E-state index in [4.69, 9.17) is 4.74 Å². The van der Waals surface area contributed by atoms with Crippen LogP contribution < -0.4 is 4.74 Å². The fourth-order valence-electron chi connectivity index (χ4n) is 2.58. The highest BCUT2D eigenvalue weighted by atomic mass is 32.2. The second kappa shape index (κ2) is 7.62. The van der Waals surface area contributed by atoms with Gasteiger partial charge < -0.3 is 9.64 Å². The van der Waals surface area contributed by atoms with Crippen molar-refractivity contribution in [1.82, 2.24) is 14.2 Å². The first kappa shape index (κ1) is 17.4. The Balaban J connectivity index is 1.54. The summed E-state index contributed by atoms with van der Waals surface area (Å²) < 4.78 is 31.9. The van der Waals surface area contributed by atoms with E-state index in [0.717, 1.165) is 0 Å². The molecular formula is C17H19N3O4S. The van der Waals surface area contributed by atoms with Crippen LogP contribution in [0.3, 0.4) is 0 Å². The van der Waals surface area contributed by atoms with Crippen molar-refractivity contribution in [3.8, 4) is 5.75 Å². The highest BCUT2D eigenvalue weighted by Crippen LogP contribution is 2.16. The topological polar surface area (TPSA) is 79.8 Å². The first-order chi connectivity index (χ1) is 12.1. The summed E-state index contributed by atoms with van der Waals surface area (Å²) in [5.74, 6) is 0.482. The molecule has 8 heteroatoms. The monoisotopic (exact) mass is 361 g/mol. The normalized spacial score (nSPS) is 15.8. The third-order valence-electron chi connectivity index (χ3n) is 3.97. The van der Waals surface area contributed by atoms with E-state index in [9.17, 15) is 13.2 Å². The van der Waals surface area contributed by atoms with Gasteiger partial charge in [0, 0.05) is 38.6 Å². The van der Waals surface area contributed by atoms with Gasteiger partial charge >= 0.3 is 0 Å². The Bertz CT molecular complexity index is 804. The minimum absolute atomic E-state index is 0.0562. The van der Waals surface area contributed by atoms with E-state index in [1.807, 2.05) is 18.2 Å². The number of nitrogens with zero attached hydrogens (tertiary/aromatic N) is 3. The Morgan fingerprint density at radius 3 is 2.40 bits per heavy atom. The van der Waals surface area contributed by atoms with E-state index in [1.165, 1.54) is 22.8 Å². The lowest BCUT2D eigenvalue weighted by Crippen LogP contribution is -2.51. The van der Waals surface area contributed by atoms with Crippen molar-refractivity contribution >= 4 is 15.9 Å². The van der Waals surface area contributed by atoms with E-state index in [-0.39, 0.29) is 30.5 Å². The minimum atomic E-state index is -3.56. The molecule has 0 radical (unpaired) electrons. The maximum atomic E-state index is 12.5. The molecule has 0 saturated carbocycles. The molecule has 1 saturated heterocycles. The van der Waals surface area contributed by atoms with Crippen molar-refractivity contribution < 1.29 is 17.9 Å². The maximum Gasteiger partial charge on any atom is 0.260 e. The van der Waals surface area contributed by atoms with Crippen molar-refractivity contribution in [3.63, 3.8) is 0 Å². The summed E-state index contributed by atoms with van der Waals surface area (Å²) in [4.78, 5) is 17.9. The summed E-state index contributed by atoms with van der Waals surface area (Å²) >= 11 is 0. The second-order valence-electron chi connectivity index (χ2n) is 5.58. The van der Waals surface area contributed by atoms with E-state index < -0.39 is 10.0 Å². The van der Waals surface area contributed by atoms with Crippen LogP contribution in [0.5, 0.6) is 5.75 Å². The van der Waals surface area contributed by atoms with Gasteiger partial charge in [-0.3, -0.25) is 9.78 Å². The number of pyridine rings is 1. The molecule has 0 aliphatic carbocycles. The number of sulfonamides is 1. The quantitative estimate of drug-likeness (QED) is 0.794. The molecular weight excluding hydrogens is 342 g/mol. The van der Waals surface area contributed by atoms with Crippen LogP contribution in [0.1, 0.15) is 0 Å². The van der Waals surface area contributed by atoms with Crippen LogP contribution >= 0.6 is 0 Å². The van der Waals surface area contributed by atoms with Crippen molar-refractivity contribution in [2.45, 2.75) is 4.90 Å². The maximum absolute atomic E-state index is 12.5. The number of para-hydroxylation sites is 1. The Morgan fingerprint density at radius 1 is 1.04 bits per heavy atom. The van der Waals surface area contributed by atoms with Crippen molar-refractivity contribution in [2.75, 3.05) is 32.8 Å². The van der Waals surface area contributed by atoms with Crippen LogP contribution in [-0.4, -0.2) is 61.3 Å². The average molecular weight is 361 g/mol. The van der Waals surface area contributed by atoms with Gasteiger partial charge in [0.1, 0.15) is 10.6 Å². The third kappa shape index (κ3) is 4.15. The smallest absolute Gasteiger partial charge is 0.260 e. The predicted molar refractivity (Wildman–Crippen MR) is 91.5 cm³/mol. The summed E-state index contributed by atoms with van der Waals surface area (Å²) in [6.07, 6.45) is 2.86. The zero-order chi connectivity index (χ0) is 17.7. The van der Waals surface area contributed by atoms with Gasteiger partial charge in [-0.25, -0.2) is 8.42 Å². The molecule has 1 aliphatic rings. The first-order valence-corrected chi connectivity index (χ1v) is 9.37. The van der Waals surface area contributed by atoms with Crippen LogP contribution in [0.2, 0.25) is 0 Å². The summed E-state index contributed by atoms with van der Waals surface area (Å²) in [6.45, 7) is 1.15. The summed E-state index contributed by atoms with van der Waals surface area (Å²) in [5.41, 5.74) is 0. The Labute approximate surface area is 146 Å². The number of hydrogen-bond donors (Lipinski definition) is 0. The lowest BCUT2D eigenvalue weighted by atomic mass is 10.3. The number of amides is 1. The SMILES string of the molecule is O=C(COc1ccccc1)N1CCN(S(=O)(=O)c2cccnc2)CC1. The molecule has 1 aromatic carbocycles. The summed E-state index contributed by atoms with van der Waals surface area (Å²) in [5, 5.41) is 0.